The Hall–Kier alpha value is -1.03. The maximum atomic E-state index is 6.65. The topological polar surface area (TPSA) is 87.9 Å². The minimum Gasteiger partial charge on any atom is -0.370 e. The number of nitrogens with two attached hydrogens (primary N) is 2. The summed E-state index contributed by atoms with van der Waals surface area (Å²) in [6.45, 7) is 3.34. The quantitative estimate of drug-likeness (QED) is 0.276. The van der Waals surface area contributed by atoms with E-state index >= 15 is 0 Å². The van der Waals surface area contributed by atoms with Crippen molar-refractivity contribution >= 4 is 5.96 Å². The van der Waals surface area contributed by atoms with Crippen molar-refractivity contribution in [2.45, 2.75) is 0 Å². The highest BCUT2D eigenvalue weighted by Crippen LogP contribution is 1.77. The molecule has 0 bridgehead atoms. The molecule has 0 aliphatic rings. The lowest BCUT2D eigenvalue weighted by Gasteiger charge is -2.04. The van der Waals surface area contributed by atoms with Gasteiger partial charge >= 0.3 is 0 Å². The highest BCUT2D eigenvalue weighted by molar-refractivity contribution is 5.75. The molecular weight excluding hydrogens is 104 g/mol. The standard InChI is InChI=1S/C4H9N4/c1-2-3(5)8-4(6)7/h2H,1,5H2,(H4,6,7,8). The van der Waals surface area contributed by atoms with Gasteiger partial charge in [-0.3, -0.25) is 5.41 Å². The number of nitrogens with one attached hydrogen (secondary N) is 2. The van der Waals surface area contributed by atoms with E-state index in [9.17, 15) is 0 Å². The van der Waals surface area contributed by atoms with E-state index in [4.69, 9.17) is 16.9 Å². The van der Waals surface area contributed by atoms with Crippen LogP contribution in [-0.4, -0.2) is 5.96 Å². The van der Waals surface area contributed by atoms with E-state index in [1.807, 2.05) is 0 Å². The molecule has 0 unspecified atom stereocenters. The smallest absolute Gasteiger partial charge is 0.187 e. The Bertz CT molecular complexity index is 98.2. The van der Waals surface area contributed by atoms with Gasteiger partial charge in [0.05, 0.1) is 0 Å². The van der Waals surface area contributed by atoms with Crippen LogP contribution in [0.2, 0.25) is 0 Å². The van der Waals surface area contributed by atoms with Crippen LogP contribution in [0, 0.1) is 11.6 Å². The van der Waals surface area contributed by atoms with Crippen LogP contribution in [0.5, 0.6) is 0 Å². The molecule has 0 saturated heterocycles. The molecule has 0 aliphatic carbocycles. The fourth-order valence-electron chi connectivity index (χ4n) is 0.207. The normalized spacial score (nSPS) is 8.75. The summed E-state index contributed by atoms with van der Waals surface area (Å²) in [7, 11) is 0. The van der Waals surface area contributed by atoms with E-state index in [-0.39, 0.29) is 12.1 Å². The molecule has 0 heterocycles. The van der Waals surface area contributed by atoms with Crippen LogP contribution in [0.4, 0.5) is 0 Å². The van der Waals surface area contributed by atoms with Gasteiger partial charge in [-0.2, -0.15) is 0 Å². The van der Waals surface area contributed by atoms with Crippen LogP contribution in [0.25, 0.3) is 0 Å². The summed E-state index contributed by atoms with van der Waals surface area (Å²) in [5, 5.41) is 8.98. The first-order valence-electron chi connectivity index (χ1n) is 2.02. The van der Waals surface area contributed by atoms with Gasteiger partial charge in [0.15, 0.2) is 5.96 Å². The van der Waals surface area contributed by atoms with Gasteiger partial charge in [0, 0.05) is 0 Å². The third kappa shape index (κ3) is 3.17. The largest absolute Gasteiger partial charge is 0.370 e. The second kappa shape index (κ2) is 3.04. The Morgan fingerprint density at radius 1 is 1.62 bits per heavy atom. The van der Waals surface area contributed by atoms with Gasteiger partial charge in [0.1, 0.15) is 6.17 Å². The summed E-state index contributed by atoms with van der Waals surface area (Å²) in [5.41, 5.74) is 10.0. The SMILES string of the molecule is C=C[C](N)NC(=N)N. The fraction of sp³-hybridized carbons (Fsp3) is 0. The number of hydrogen-bond acceptors (Lipinski definition) is 2. The average Bonchev–Trinajstić information content (AvgIpc) is 1.65. The Labute approximate surface area is 48.1 Å². The highest BCUT2D eigenvalue weighted by atomic mass is 15.1. The van der Waals surface area contributed by atoms with Crippen molar-refractivity contribution in [3.05, 3.63) is 18.8 Å². The summed E-state index contributed by atoms with van der Waals surface area (Å²) in [4.78, 5) is 0. The molecule has 0 saturated carbocycles. The minimum atomic E-state index is -0.178. The predicted octanol–water partition coefficient (Wildman–Crippen LogP) is -0.896. The summed E-state index contributed by atoms with van der Waals surface area (Å²) in [6, 6.07) is 0. The van der Waals surface area contributed by atoms with E-state index in [2.05, 4.69) is 11.9 Å². The zero-order valence-electron chi connectivity index (χ0n) is 4.44. The molecule has 0 aromatic rings. The first kappa shape index (κ1) is 6.97. The van der Waals surface area contributed by atoms with Crippen LogP contribution in [-0.2, 0) is 0 Å². The van der Waals surface area contributed by atoms with Crippen LogP contribution in [0.15, 0.2) is 12.7 Å². The van der Waals surface area contributed by atoms with Crippen molar-refractivity contribution in [2.75, 3.05) is 0 Å². The molecule has 0 aromatic heterocycles. The molecule has 6 N–H and O–H groups in total. The molecule has 0 spiro atoms. The van der Waals surface area contributed by atoms with Crippen LogP contribution in [0.3, 0.4) is 0 Å². The van der Waals surface area contributed by atoms with E-state index in [0.29, 0.717) is 0 Å². The van der Waals surface area contributed by atoms with Crippen molar-refractivity contribution in [1.29, 1.82) is 5.41 Å². The summed E-state index contributed by atoms with van der Waals surface area (Å²) < 4.78 is 0. The lowest BCUT2D eigenvalue weighted by molar-refractivity contribution is 0.932. The molecule has 0 rings (SSSR count). The Balaban J connectivity index is 3.38. The zero-order chi connectivity index (χ0) is 6.57. The minimum absolute atomic E-state index is 0.178. The lowest BCUT2D eigenvalue weighted by Crippen LogP contribution is -2.37. The van der Waals surface area contributed by atoms with Crippen LogP contribution < -0.4 is 16.8 Å². The second-order valence-corrected chi connectivity index (χ2v) is 1.20. The molecule has 0 amide bonds. The van der Waals surface area contributed by atoms with E-state index < -0.39 is 0 Å². The molecule has 0 fully saturated rings. The first-order valence-corrected chi connectivity index (χ1v) is 2.02. The fourth-order valence-corrected chi connectivity index (χ4v) is 0.207. The third-order valence-corrected chi connectivity index (χ3v) is 0.499. The maximum absolute atomic E-state index is 6.65. The number of guanidine groups is 1. The van der Waals surface area contributed by atoms with Gasteiger partial charge in [-0.1, -0.05) is 6.58 Å². The van der Waals surface area contributed by atoms with Crippen molar-refractivity contribution in [1.82, 2.24) is 5.32 Å². The molecule has 8 heavy (non-hydrogen) atoms. The number of rotatable bonds is 2. The van der Waals surface area contributed by atoms with E-state index in [1.54, 1.807) is 0 Å². The molecule has 0 aromatic carbocycles. The van der Waals surface area contributed by atoms with Crippen molar-refractivity contribution < 1.29 is 0 Å². The third-order valence-electron chi connectivity index (χ3n) is 0.499. The maximum Gasteiger partial charge on any atom is 0.187 e. The Morgan fingerprint density at radius 2 is 2.12 bits per heavy atom. The monoisotopic (exact) mass is 113 g/mol. The van der Waals surface area contributed by atoms with Crippen LogP contribution >= 0.6 is 0 Å². The molecule has 4 heteroatoms. The van der Waals surface area contributed by atoms with Gasteiger partial charge in [0.25, 0.3) is 0 Å². The first-order chi connectivity index (χ1) is 3.66. The van der Waals surface area contributed by atoms with Gasteiger partial charge < -0.3 is 16.8 Å². The summed E-state index contributed by atoms with van der Waals surface area (Å²) in [6.07, 6.45) is 1.67. The van der Waals surface area contributed by atoms with Crippen molar-refractivity contribution in [3.8, 4) is 0 Å². The van der Waals surface area contributed by atoms with Crippen molar-refractivity contribution in [2.24, 2.45) is 11.5 Å². The molecular formula is C4H9N4. The van der Waals surface area contributed by atoms with Gasteiger partial charge in [0.2, 0.25) is 0 Å². The number of hydrogen-bond donors (Lipinski definition) is 4. The van der Waals surface area contributed by atoms with E-state index in [1.165, 1.54) is 6.08 Å². The summed E-state index contributed by atoms with van der Waals surface area (Å²) >= 11 is 0. The van der Waals surface area contributed by atoms with Crippen LogP contribution in [0.1, 0.15) is 0 Å². The van der Waals surface area contributed by atoms with E-state index in [0.717, 1.165) is 0 Å². The second-order valence-electron chi connectivity index (χ2n) is 1.20. The lowest BCUT2D eigenvalue weighted by atomic mass is 10.5. The summed E-state index contributed by atoms with van der Waals surface area (Å²) in [5.74, 6) is -0.178. The molecule has 0 atom stereocenters. The predicted molar refractivity (Wildman–Crippen MR) is 32.7 cm³/mol. The van der Waals surface area contributed by atoms with Gasteiger partial charge in [-0.25, -0.2) is 0 Å². The van der Waals surface area contributed by atoms with Gasteiger partial charge in [-0.15, -0.1) is 0 Å². The molecule has 1 radical (unpaired) electrons. The van der Waals surface area contributed by atoms with Gasteiger partial charge in [-0.05, 0) is 6.08 Å². The Morgan fingerprint density at radius 3 is 2.25 bits per heavy atom. The Kier molecular flexibility index (Phi) is 2.64. The highest BCUT2D eigenvalue weighted by Gasteiger charge is 1.93. The average molecular weight is 113 g/mol. The molecule has 4 nitrogen and oxygen atoms in total. The molecule has 45 valence electrons. The zero-order valence-corrected chi connectivity index (χ0v) is 4.44. The van der Waals surface area contributed by atoms with Crippen molar-refractivity contribution in [3.63, 3.8) is 0 Å². The molecule has 0 aliphatic heterocycles.